The first kappa shape index (κ1) is 41.2. The Kier molecular flexibility index (Phi) is 17.9. The summed E-state index contributed by atoms with van der Waals surface area (Å²) in [4.78, 5) is 71.0. The van der Waals surface area contributed by atoms with Gasteiger partial charge in [-0.25, -0.2) is 13.7 Å². The number of rotatable bonds is 21. The highest BCUT2D eigenvalue weighted by Gasteiger charge is 2.56. The van der Waals surface area contributed by atoms with Gasteiger partial charge in [-0.3, -0.25) is 27.7 Å². The number of phosphoric acid groups is 3. The van der Waals surface area contributed by atoms with Crippen molar-refractivity contribution in [3.63, 3.8) is 0 Å². The van der Waals surface area contributed by atoms with Gasteiger partial charge < -0.3 is 49.3 Å². The van der Waals surface area contributed by atoms with Crippen LogP contribution in [0.2, 0.25) is 0 Å². The molecule has 1 unspecified atom stereocenters. The fraction of sp³-hybridized carbons (Fsp3) is 0.909. The van der Waals surface area contributed by atoms with E-state index in [0.29, 0.717) is 19.3 Å². The third kappa shape index (κ3) is 16.1. The molecule has 0 saturated heterocycles. The van der Waals surface area contributed by atoms with Gasteiger partial charge in [-0.15, -0.1) is 0 Å². The third-order valence-electron chi connectivity index (χ3n) is 6.16. The maximum atomic E-state index is 12.7. The number of aliphatic hydroxyl groups is 3. The summed E-state index contributed by atoms with van der Waals surface area (Å²) in [6, 6.07) is 0. The molecule has 1 fully saturated rings. The van der Waals surface area contributed by atoms with Crippen molar-refractivity contribution in [3.8, 4) is 0 Å². The fourth-order valence-corrected chi connectivity index (χ4v) is 6.12. The van der Waals surface area contributed by atoms with E-state index < -0.39 is 91.3 Å². The summed E-state index contributed by atoms with van der Waals surface area (Å²) in [6.45, 7) is 2.37. The average Bonchev–Trinajstić information content (AvgIpc) is 2.91. The first-order valence-corrected chi connectivity index (χ1v) is 18.4. The second kappa shape index (κ2) is 19.1. The molecule has 0 bridgehead atoms. The Morgan fingerprint density at radius 3 is 1.68 bits per heavy atom. The second-order valence-corrected chi connectivity index (χ2v) is 13.8. The molecule has 260 valence electrons. The normalized spacial score (nSPS) is 26.5. The number of phosphoric ester groups is 3. The molecule has 0 heterocycles. The fourth-order valence-electron chi connectivity index (χ4n) is 4.03. The molecule has 0 aliphatic heterocycles. The van der Waals surface area contributed by atoms with Gasteiger partial charge in [0.25, 0.3) is 0 Å². The topological polar surface area (TPSA) is 303 Å². The second-order valence-electron chi connectivity index (χ2n) is 9.99. The van der Waals surface area contributed by atoms with Crippen LogP contribution in [0.4, 0.5) is 0 Å². The number of carbonyl (C=O) groups is 2. The van der Waals surface area contributed by atoms with Gasteiger partial charge in [-0.05, 0) is 12.8 Å². The molecule has 1 aliphatic carbocycles. The number of carbonyl (C=O) groups excluding carboxylic acids is 2. The maximum Gasteiger partial charge on any atom is 0.472 e. The SMILES string of the molecule is CCCCCCCC(=O)OC[C@H](COP(=O)(O)O[C@@H]1[C@H](O)[C@H](O)[C@@H](OP(=O)(O)O)[C@H](OP(=O)(O)O)[C@H]1O)OC(=O)CCCC. The van der Waals surface area contributed by atoms with Crippen molar-refractivity contribution < 1.29 is 90.6 Å². The molecular formula is C22H43O19P3. The molecule has 0 radical (unpaired) electrons. The number of hydrogen-bond donors (Lipinski definition) is 8. The highest BCUT2D eigenvalue weighted by Crippen LogP contribution is 2.51. The Morgan fingerprint density at radius 2 is 1.14 bits per heavy atom. The van der Waals surface area contributed by atoms with Crippen molar-refractivity contribution in [1.29, 1.82) is 0 Å². The summed E-state index contributed by atoms with van der Waals surface area (Å²) >= 11 is 0. The van der Waals surface area contributed by atoms with Gasteiger partial charge >= 0.3 is 35.4 Å². The molecule has 0 amide bonds. The van der Waals surface area contributed by atoms with Gasteiger partial charge in [0.1, 0.15) is 43.2 Å². The molecule has 22 heteroatoms. The molecule has 0 aromatic heterocycles. The van der Waals surface area contributed by atoms with Crippen molar-refractivity contribution in [2.45, 2.75) is 114 Å². The van der Waals surface area contributed by atoms with E-state index in [-0.39, 0.29) is 12.8 Å². The summed E-state index contributed by atoms with van der Waals surface area (Å²) in [5.41, 5.74) is 0. The van der Waals surface area contributed by atoms with Crippen LogP contribution in [-0.2, 0) is 50.9 Å². The largest absolute Gasteiger partial charge is 0.472 e. The molecule has 19 nitrogen and oxygen atoms in total. The molecule has 0 aromatic carbocycles. The van der Waals surface area contributed by atoms with Crippen LogP contribution < -0.4 is 0 Å². The van der Waals surface area contributed by atoms with Gasteiger partial charge in [0.05, 0.1) is 6.61 Å². The zero-order valence-electron chi connectivity index (χ0n) is 24.2. The number of ether oxygens (including phenoxy) is 2. The summed E-state index contributed by atoms with van der Waals surface area (Å²) in [5, 5.41) is 31.2. The van der Waals surface area contributed by atoms with E-state index in [1.807, 2.05) is 13.8 Å². The first-order chi connectivity index (χ1) is 20.3. The predicted molar refractivity (Wildman–Crippen MR) is 146 cm³/mol. The molecule has 8 N–H and O–H groups in total. The lowest BCUT2D eigenvalue weighted by molar-refractivity contribution is -0.213. The molecule has 1 aliphatic rings. The highest BCUT2D eigenvalue weighted by molar-refractivity contribution is 7.47. The number of hydrogen-bond acceptors (Lipinski definition) is 14. The summed E-state index contributed by atoms with van der Waals surface area (Å²) < 4.78 is 63.7. The summed E-state index contributed by atoms with van der Waals surface area (Å²) in [5.74, 6) is -1.36. The van der Waals surface area contributed by atoms with E-state index >= 15 is 0 Å². The van der Waals surface area contributed by atoms with Crippen LogP contribution in [0.15, 0.2) is 0 Å². The van der Waals surface area contributed by atoms with Crippen molar-refractivity contribution >= 4 is 35.4 Å². The van der Waals surface area contributed by atoms with E-state index in [9.17, 15) is 43.5 Å². The van der Waals surface area contributed by atoms with Gasteiger partial charge in [-0.2, -0.15) is 0 Å². The summed E-state index contributed by atoms with van der Waals surface area (Å²) in [7, 11) is -16.5. The van der Waals surface area contributed by atoms with E-state index in [1.165, 1.54) is 0 Å². The molecular weight excluding hydrogens is 661 g/mol. The monoisotopic (exact) mass is 704 g/mol. The maximum absolute atomic E-state index is 12.7. The Bertz CT molecular complexity index is 1030. The number of esters is 2. The number of unbranched alkanes of at least 4 members (excludes halogenated alkanes) is 5. The van der Waals surface area contributed by atoms with Crippen LogP contribution in [0.25, 0.3) is 0 Å². The van der Waals surface area contributed by atoms with Crippen molar-refractivity contribution in [1.82, 2.24) is 0 Å². The van der Waals surface area contributed by atoms with Crippen molar-refractivity contribution in [2.75, 3.05) is 13.2 Å². The smallest absolute Gasteiger partial charge is 0.462 e. The van der Waals surface area contributed by atoms with Crippen molar-refractivity contribution in [2.24, 2.45) is 0 Å². The average molecular weight is 704 g/mol. The molecule has 0 spiro atoms. The Balaban J connectivity index is 2.98. The zero-order chi connectivity index (χ0) is 33.7. The van der Waals surface area contributed by atoms with Gasteiger partial charge in [0.2, 0.25) is 0 Å². The lowest BCUT2D eigenvalue weighted by Gasteiger charge is -2.44. The van der Waals surface area contributed by atoms with Crippen LogP contribution >= 0.6 is 23.5 Å². The molecule has 8 atom stereocenters. The quantitative estimate of drug-likeness (QED) is 0.0459. The lowest BCUT2D eigenvalue weighted by Crippen LogP contribution is -2.65. The minimum absolute atomic E-state index is 0.0250. The molecule has 1 rings (SSSR count). The first-order valence-electron chi connectivity index (χ1n) is 13.8. The van der Waals surface area contributed by atoms with E-state index in [1.54, 1.807) is 0 Å². The van der Waals surface area contributed by atoms with E-state index in [4.69, 9.17) is 38.1 Å². The Labute approximate surface area is 253 Å². The van der Waals surface area contributed by atoms with Crippen LogP contribution in [-0.4, -0.2) is 108 Å². The van der Waals surface area contributed by atoms with Gasteiger partial charge in [-0.1, -0.05) is 46.0 Å². The van der Waals surface area contributed by atoms with E-state index in [0.717, 1.165) is 25.7 Å². The zero-order valence-corrected chi connectivity index (χ0v) is 26.9. The Morgan fingerprint density at radius 1 is 0.636 bits per heavy atom. The van der Waals surface area contributed by atoms with Crippen molar-refractivity contribution in [3.05, 3.63) is 0 Å². The van der Waals surface area contributed by atoms with Crippen LogP contribution in [0.5, 0.6) is 0 Å². The van der Waals surface area contributed by atoms with E-state index in [2.05, 4.69) is 9.05 Å². The third-order valence-corrected chi connectivity index (χ3v) is 8.19. The molecule has 44 heavy (non-hydrogen) atoms. The van der Waals surface area contributed by atoms with Crippen LogP contribution in [0.3, 0.4) is 0 Å². The minimum atomic E-state index is -5.57. The minimum Gasteiger partial charge on any atom is -0.462 e. The standard InChI is InChI=1S/C22H43O19P3/c1-3-5-7-8-9-11-15(23)36-12-14(38-16(24)10-6-4-2)13-37-44(34,35)41-20-17(25)18(26)21(39-42(28,29)30)22(19(20)27)40-43(31,32)33/h14,17-22,25-27H,3-13H2,1-2H3,(H,34,35)(H2,28,29,30)(H2,31,32,33)/t14-,17-,18+,19+,20-,21-,22-/m1/s1. The van der Waals surface area contributed by atoms with Crippen LogP contribution in [0, 0.1) is 0 Å². The van der Waals surface area contributed by atoms with Gasteiger partial charge in [0.15, 0.2) is 6.10 Å². The van der Waals surface area contributed by atoms with Crippen LogP contribution in [0.1, 0.15) is 71.6 Å². The molecule has 0 aromatic rings. The number of aliphatic hydroxyl groups excluding tert-OH is 3. The Hall–Kier alpha value is -0.850. The van der Waals surface area contributed by atoms with Gasteiger partial charge in [0, 0.05) is 12.8 Å². The highest BCUT2D eigenvalue weighted by atomic mass is 31.2. The lowest BCUT2D eigenvalue weighted by atomic mass is 9.85. The molecule has 1 saturated carbocycles. The predicted octanol–water partition coefficient (Wildman–Crippen LogP) is 0.546. The summed E-state index contributed by atoms with van der Waals surface area (Å²) in [6.07, 6.45) is -10.8.